The number of hydrogen-bond acceptors (Lipinski definition) is 2. The Hall–Kier alpha value is -0.0800. The predicted molar refractivity (Wildman–Crippen MR) is 41.8 cm³/mol. The Kier molecular flexibility index (Phi) is 2.32. The molecule has 2 nitrogen and oxygen atoms in total. The van der Waals surface area contributed by atoms with Crippen molar-refractivity contribution in [3.63, 3.8) is 0 Å². The lowest BCUT2D eigenvalue weighted by Gasteiger charge is -2.08. The molecule has 1 fully saturated rings. The number of rotatable bonds is 4. The van der Waals surface area contributed by atoms with Crippen molar-refractivity contribution < 1.29 is 4.74 Å². The molecule has 2 atom stereocenters. The Morgan fingerprint density at radius 1 is 1.70 bits per heavy atom. The smallest absolute Gasteiger partial charge is 0.0479 e. The van der Waals surface area contributed by atoms with E-state index in [9.17, 15) is 0 Å². The van der Waals surface area contributed by atoms with Crippen LogP contribution in [0.5, 0.6) is 0 Å². The maximum absolute atomic E-state index is 6.01. The van der Waals surface area contributed by atoms with E-state index in [0.717, 1.165) is 18.9 Å². The fourth-order valence-corrected chi connectivity index (χ4v) is 1.55. The number of ether oxygens (including phenoxy) is 1. The van der Waals surface area contributed by atoms with E-state index >= 15 is 0 Å². The Bertz CT molecular complexity index is 116. The number of hydrogen-bond donors (Lipinski definition) is 1. The Morgan fingerprint density at radius 3 is 2.80 bits per heavy atom. The Balaban J connectivity index is 2.16. The average molecular weight is 143 g/mol. The first kappa shape index (κ1) is 8.02. The van der Waals surface area contributed by atoms with Gasteiger partial charge >= 0.3 is 0 Å². The van der Waals surface area contributed by atoms with E-state index in [1.165, 1.54) is 12.8 Å². The highest BCUT2D eigenvalue weighted by Crippen LogP contribution is 2.45. The molecule has 0 aliphatic heterocycles. The van der Waals surface area contributed by atoms with Crippen LogP contribution in [0, 0.1) is 5.92 Å². The fourth-order valence-electron chi connectivity index (χ4n) is 1.55. The van der Waals surface area contributed by atoms with Crippen LogP contribution in [0.1, 0.15) is 26.2 Å². The van der Waals surface area contributed by atoms with Crippen LogP contribution in [0.2, 0.25) is 0 Å². The highest BCUT2D eigenvalue weighted by Gasteiger charge is 2.48. The normalized spacial score (nSPS) is 38.1. The van der Waals surface area contributed by atoms with Crippen LogP contribution in [-0.2, 0) is 4.74 Å². The van der Waals surface area contributed by atoms with Gasteiger partial charge in [0.25, 0.3) is 0 Å². The first-order chi connectivity index (χ1) is 4.73. The minimum Gasteiger partial charge on any atom is -0.385 e. The molecule has 0 bridgehead atoms. The van der Waals surface area contributed by atoms with Crippen molar-refractivity contribution in [2.45, 2.75) is 31.7 Å². The lowest BCUT2D eigenvalue weighted by atomic mass is 10.1. The molecule has 0 saturated heterocycles. The third-order valence-corrected chi connectivity index (χ3v) is 2.54. The lowest BCUT2D eigenvalue weighted by Crippen LogP contribution is -2.26. The molecule has 0 aromatic carbocycles. The van der Waals surface area contributed by atoms with Crippen LogP contribution in [0.25, 0.3) is 0 Å². The molecule has 2 N–H and O–H groups in total. The lowest BCUT2D eigenvalue weighted by molar-refractivity contribution is 0.183. The van der Waals surface area contributed by atoms with Gasteiger partial charge in [0.2, 0.25) is 0 Å². The summed E-state index contributed by atoms with van der Waals surface area (Å²) in [5.41, 5.74) is 6.15. The summed E-state index contributed by atoms with van der Waals surface area (Å²) in [4.78, 5) is 0. The standard InChI is InChI=1S/C8H17NO/c1-3-7-6-8(7,9)4-5-10-2/h7H,3-6,9H2,1-2H3. The third kappa shape index (κ3) is 1.50. The van der Waals surface area contributed by atoms with Crippen molar-refractivity contribution >= 4 is 0 Å². The molecule has 2 heteroatoms. The molecule has 60 valence electrons. The second-order valence-corrected chi connectivity index (χ2v) is 3.29. The molecule has 1 aliphatic carbocycles. The van der Waals surface area contributed by atoms with E-state index in [1.54, 1.807) is 7.11 Å². The van der Waals surface area contributed by atoms with Crippen molar-refractivity contribution in [2.75, 3.05) is 13.7 Å². The molecule has 0 heterocycles. The average Bonchev–Trinajstić information content (AvgIpc) is 2.59. The summed E-state index contributed by atoms with van der Waals surface area (Å²) in [5.74, 6) is 0.766. The molecule has 0 radical (unpaired) electrons. The second kappa shape index (κ2) is 2.89. The highest BCUT2D eigenvalue weighted by atomic mass is 16.5. The van der Waals surface area contributed by atoms with E-state index < -0.39 is 0 Å². The minimum absolute atomic E-state index is 0.144. The first-order valence-corrected chi connectivity index (χ1v) is 4.00. The van der Waals surface area contributed by atoms with Crippen LogP contribution in [0.3, 0.4) is 0 Å². The van der Waals surface area contributed by atoms with Crippen molar-refractivity contribution in [2.24, 2.45) is 11.7 Å². The van der Waals surface area contributed by atoms with E-state index in [2.05, 4.69) is 6.92 Å². The largest absolute Gasteiger partial charge is 0.385 e. The van der Waals surface area contributed by atoms with Crippen molar-refractivity contribution in [3.05, 3.63) is 0 Å². The zero-order valence-corrected chi connectivity index (χ0v) is 6.89. The van der Waals surface area contributed by atoms with Gasteiger partial charge in [0, 0.05) is 19.3 Å². The first-order valence-electron chi connectivity index (χ1n) is 4.00. The molecule has 0 aromatic rings. The van der Waals surface area contributed by atoms with Crippen LogP contribution in [-0.4, -0.2) is 19.3 Å². The molecule has 1 aliphatic rings. The molecule has 0 spiro atoms. The summed E-state index contributed by atoms with van der Waals surface area (Å²) in [5, 5.41) is 0. The number of nitrogens with two attached hydrogens (primary N) is 1. The Labute approximate surface area is 62.7 Å². The second-order valence-electron chi connectivity index (χ2n) is 3.29. The molecule has 1 saturated carbocycles. The molecule has 10 heavy (non-hydrogen) atoms. The summed E-state index contributed by atoms with van der Waals surface area (Å²) in [6.07, 6.45) is 3.45. The minimum atomic E-state index is 0.144. The summed E-state index contributed by atoms with van der Waals surface area (Å²) < 4.78 is 4.97. The van der Waals surface area contributed by atoms with Gasteiger partial charge < -0.3 is 10.5 Å². The van der Waals surface area contributed by atoms with Gasteiger partial charge in [-0.05, 0) is 18.8 Å². The van der Waals surface area contributed by atoms with E-state index in [-0.39, 0.29) is 5.54 Å². The predicted octanol–water partition coefficient (Wildman–Crippen LogP) is 1.15. The highest BCUT2D eigenvalue weighted by molar-refractivity contribution is 5.06. The zero-order valence-electron chi connectivity index (χ0n) is 6.89. The van der Waals surface area contributed by atoms with Crippen LogP contribution < -0.4 is 5.73 Å². The van der Waals surface area contributed by atoms with Crippen LogP contribution >= 0.6 is 0 Å². The SMILES string of the molecule is CCC1CC1(N)CCOC. The maximum atomic E-state index is 6.01. The summed E-state index contributed by atoms with van der Waals surface area (Å²) in [7, 11) is 1.73. The zero-order chi connectivity index (χ0) is 7.61. The van der Waals surface area contributed by atoms with Gasteiger partial charge in [-0.1, -0.05) is 13.3 Å². The molecular weight excluding hydrogens is 126 g/mol. The molecular formula is C8H17NO. The quantitative estimate of drug-likeness (QED) is 0.640. The maximum Gasteiger partial charge on any atom is 0.0479 e. The van der Waals surface area contributed by atoms with E-state index in [1.807, 2.05) is 0 Å². The summed E-state index contributed by atoms with van der Waals surface area (Å²) >= 11 is 0. The van der Waals surface area contributed by atoms with E-state index in [4.69, 9.17) is 10.5 Å². The van der Waals surface area contributed by atoms with Gasteiger partial charge in [-0.3, -0.25) is 0 Å². The van der Waals surface area contributed by atoms with Gasteiger partial charge in [-0.15, -0.1) is 0 Å². The van der Waals surface area contributed by atoms with Crippen LogP contribution in [0.4, 0.5) is 0 Å². The molecule has 1 rings (SSSR count). The molecule has 2 unspecified atom stereocenters. The van der Waals surface area contributed by atoms with Gasteiger partial charge in [0.05, 0.1) is 0 Å². The molecule has 0 aromatic heterocycles. The van der Waals surface area contributed by atoms with E-state index in [0.29, 0.717) is 0 Å². The third-order valence-electron chi connectivity index (χ3n) is 2.54. The van der Waals surface area contributed by atoms with Crippen molar-refractivity contribution in [1.82, 2.24) is 0 Å². The topological polar surface area (TPSA) is 35.2 Å². The van der Waals surface area contributed by atoms with Crippen molar-refractivity contribution in [1.29, 1.82) is 0 Å². The number of methoxy groups -OCH3 is 1. The monoisotopic (exact) mass is 143 g/mol. The fraction of sp³-hybridized carbons (Fsp3) is 1.00. The van der Waals surface area contributed by atoms with Gasteiger partial charge in [-0.2, -0.15) is 0 Å². The van der Waals surface area contributed by atoms with Gasteiger partial charge in [-0.25, -0.2) is 0 Å². The molecule has 0 amide bonds. The van der Waals surface area contributed by atoms with Gasteiger partial charge in [0.15, 0.2) is 0 Å². The van der Waals surface area contributed by atoms with Crippen molar-refractivity contribution in [3.8, 4) is 0 Å². The summed E-state index contributed by atoms with van der Waals surface area (Å²) in [6.45, 7) is 3.01. The summed E-state index contributed by atoms with van der Waals surface area (Å²) in [6, 6.07) is 0. The van der Waals surface area contributed by atoms with Crippen LogP contribution in [0.15, 0.2) is 0 Å². The Morgan fingerprint density at radius 2 is 2.40 bits per heavy atom. The van der Waals surface area contributed by atoms with Gasteiger partial charge in [0.1, 0.15) is 0 Å².